The lowest BCUT2D eigenvalue weighted by atomic mass is 10.0. The number of sulfonamides is 1. The van der Waals surface area contributed by atoms with E-state index in [-0.39, 0.29) is 16.6 Å². The van der Waals surface area contributed by atoms with E-state index in [1.807, 2.05) is 30.3 Å². The maximum Gasteiger partial charge on any atom is 0.293 e. The normalized spacial score (nSPS) is 21.5. The molecule has 10 heteroatoms. The summed E-state index contributed by atoms with van der Waals surface area (Å²) in [5.41, 5.74) is 0.0259. The molecule has 2 aliphatic heterocycles. The number of anilines is 1. The summed E-state index contributed by atoms with van der Waals surface area (Å²) in [6, 6.07) is 15.2. The van der Waals surface area contributed by atoms with Crippen LogP contribution in [0.4, 0.5) is 11.4 Å². The highest BCUT2D eigenvalue weighted by molar-refractivity contribution is 7.99. The van der Waals surface area contributed by atoms with Crippen molar-refractivity contribution in [1.29, 1.82) is 0 Å². The minimum Gasteiger partial charge on any atom is -0.376 e. The topological polar surface area (TPSA) is 119 Å². The minimum absolute atomic E-state index is 0.0146. The number of benzene rings is 2. The molecule has 2 saturated heterocycles. The van der Waals surface area contributed by atoms with Gasteiger partial charge in [0.1, 0.15) is 5.69 Å². The second kappa shape index (κ2) is 9.78. The fourth-order valence-corrected chi connectivity index (χ4v) is 6.31. The Balaban J connectivity index is 1.51. The average molecular weight is 477 g/mol. The van der Waals surface area contributed by atoms with Gasteiger partial charge in [-0.05, 0) is 56.4 Å². The van der Waals surface area contributed by atoms with E-state index >= 15 is 0 Å². The maximum absolute atomic E-state index is 11.6. The van der Waals surface area contributed by atoms with Gasteiger partial charge in [-0.25, -0.2) is 13.6 Å². The number of nitrogens with two attached hydrogens (primary N) is 1. The lowest BCUT2D eigenvalue weighted by molar-refractivity contribution is -0.384. The third-order valence-electron chi connectivity index (χ3n) is 6.39. The van der Waals surface area contributed by atoms with Gasteiger partial charge in [-0.1, -0.05) is 18.2 Å². The summed E-state index contributed by atoms with van der Waals surface area (Å²) in [5, 5.41) is 20.1. The van der Waals surface area contributed by atoms with Crippen molar-refractivity contribution in [1.82, 2.24) is 4.90 Å². The Morgan fingerprint density at radius 1 is 1.12 bits per heavy atom. The Morgan fingerprint density at radius 2 is 1.78 bits per heavy atom. The van der Waals surface area contributed by atoms with Crippen molar-refractivity contribution in [2.45, 2.75) is 60.0 Å². The average Bonchev–Trinajstić information content (AvgIpc) is 3.35. The van der Waals surface area contributed by atoms with Gasteiger partial charge in [0.05, 0.1) is 9.82 Å². The second-order valence-electron chi connectivity index (χ2n) is 8.44. The van der Waals surface area contributed by atoms with Gasteiger partial charge in [0, 0.05) is 41.4 Å². The van der Waals surface area contributed by atoms with Gasteiger partial charge in [0.25, 0.3) is 5.69 Å². The summed E-state index contributed by atoms with van der Waals surface area (Å²) in [7, 11) is -4.02. The molecule has 0 saturated carbocycles. The number of nitrogens with zero attached hydrogens (tertiary/aromatic N) is 2. The van der Waals surface area contributed by atoms with Crippen molar-refractivity contribution in [3.63, 3.8) is 0 Å². The van der Waals surface area contributed by atoms with E-state index in [1.54, 1.807) is 11.8 Å². The maximum atomic E-state index is 11.6. The highest BCUT2D eigenvalue weighted by Gasteiger charge is 2.38. The first-order valence-corrected chi connectivity index (χ1v) is 13.4. The highest BCUT2D eigenvalue weighted by atomic mass is 32.2. The van der Waals surface area contributed by atoms with Crippen LogP contribution in [0.25, 0.3) is 0 Å². The molecule has 172 valence electrons. The number of hydrogen-bond donors (Lipinski definition) is 2. The highest BCUT2D eigenvalue weighted by Crippen LogP contribution is 2.38. The van der Waals surface area contributed by atoms with Crippen LogP contribution in [-0.2, 0) is 10.0 Å². The SMILES string of the molecule is NS(=O)(=O)c1ccc(N[C@H](CCN2C3CCC2CC3)CSc2ccccc2)c([N+](=O)[O-])c1. The Bertz CT molecular complexity index is 1040. The van der Waals surface area contributed by atoms with Crippen LogP contribution in [-0.4, -0.2) is 48.7 Å². The van der Waals surface area contributed by atoms with Gasteiger partial charge < -0.3 is 5.32 Å². The molecule has 4 rings (SSSR count). The number of rotatable bonds is 10. The van der Waals surface area contributed by atoms with E-state index in [0.717, 1.165) is 29.7 Å². The molecule has 8 nitrogen and oxygen atoms in total. The molecule has 2 aliphatic rings. The summed E-state index contributed by atoms with van der Waals surface area (Å²) >= 11 is 1.70. The molecule has 2 heterocycles. The van der Waals surface area contributed by atoms with E-state index in [2.05, 4.69) is 10.2 Å². The Morgan fingerprint density at radius 3 is 2.38 bits per heavy atom. The molecule has 2 bridgehead atoms. The first kappa shape index (κ1) is 23.0. The minimum atomic E-state index is -4.02. The molecule has 2 fully saturated rings. The number of fused-ring (bicyclic) bond motifs is 2. The molecule has 2 aromatic carbocycles. The number of hydrogen-bond acceptors (Lipinski definition) is 7. The predicted octanol–water partition coefficient (Wildman–Crippen LogP) is 3.83. The number of nitro groups is 1. The summed E-state index contributed by atoms with van der Waals surface area (Å²) < 4.78 is 23.3. The predicted molar refractivity (Wildman–Crippen MR) is 126 cm³/mol. The zero-order valence-electron chi connectivity index (χ0n) is 17.7. The van der Waals surface area contributed by atoms with Crippen molar-refractivity contribution in [3.05, 3.63) is 58.6 Å². The van der Waals surface area contributed by atoms with E-state index < -0.39 is 14.9 Å². The van der Waals surface area contributed by atoms with Crippen molar-refractivity contribution < 1.29 is 13.3 Å². The van der Waals surface area contributed by atoms with Gasteiger partial charge in [0.15, 0.2) is 0 Å². The van der Waals surface area contributed by atoms with Gasteiger partial charge in [-0.3, -0.25) is 15.0 Å². The fourth-order valence-electron chi connectivity index (χ4n) is 4.78. The third kappa shape index (κ3) is 5.43. The van der Waals surface area contributed by atoms with Crippen LogP contribution in [0.15, 0.2) is 58.3 Å². The molecule has 3 N–H and O–H groups in total. The van der Waals surface area contributed by atoms with Crippen LogP contribution in [0.5, 0.6) is 0 Å². The lowest BCUT2D eigenvalue weighted by Gasteiger charge is -2.26. The summed E-state index contributed by atoms with van der Waals surface area (Å²) in [4.78, 5) is 14.5. The molecule has 2 aromatic rings. The van der Waals surface area contributed by atoms with Crippen molar-refractivity contribution >= 4 is 33.2 Å². The van der Waals surface area contributed by atoms with Crippen LogP contribution >= 0.6 is 11.8 Å². The quantitative estimate of drug-likeness (QED) is 0.304. The first-order chi connectivity index (χ1) is 15.3. The van der Waals surface area contributed by atoms with Crippen LogP contribution in [0.2, 0.25) is 0 Å². The summed E-state index contributed by atoms with van der Waals surface area (Å²) in [6.45, 7) is 0.950. The summed E-state index contributed by atoms with van der Waals surface area (Å²) in [5.74, 6) is 0.737. The van der Waals surface area contributed by atoms with Crippen molar-refractivity contribution in [2.75, 3.05) is 17.6 Å². The molecule has 32 heavy (non-hydrogen) atoms. The zero-order valence-corrected chi connectivity index (χ0v) is 19.4. The Hall–Kier alpha value is -2.14. The molecule has 0 spiro atoms. The van der Waals surface area contributed by atoms with E-state index in [1.165, 1.54) is 37.8 Å². The molecule has 0 unspecified atom stereocenters. The first-order valence-electron chi connectivity index (χ1n) is 10.8. The van der Waals surface area contributed by atoms with Gasteiger partial charge in [0.2, 0.25) is 10.0 Å². The van der Waals surface area contributed by atoms with Crippen molar-refractivity contribution in [2.24, 2.45) is 5.14 Å². The Kier molecular flexibility index (Phi) is 7.04. The third-order valence-corrected chi connectivity index (χ3v) is 8.47. The van der Waals surface area contributed by atoms with Crippen LogP contribution in [0, 0.1) is 10.1 Å². The molecule has 1 atom stereocenters. The monoisotopic (exact) mass is 476 g/mol. The van der Waals surface area contributed by atoms with E-state index in [9.17, 15) is 18.5 Å². The molecular formula is C22H28N4O4S2. The number of thioether (sulfide) groups is 1. The Labute approximate surface area is 192 Å². The summed E-state index contributed by atoms with van der Waals surface area (Å²) in [6.07, 6.45) is 5.91. The lowest BCUT2D eigenvalue weighted by Crippen LogP contribution is -2.34. The molecular weight excluding hydrogens is 448 g/mol. The smallest absolute Gasteiger partial charge is 0.293 e. The number of primary sulfonamides is 1. The molecule has 0 aromatic heterocycles. The van der Waals surface area contributed by atoms with Gasteiger partial charge in [-0.15, -0.1) is 11.8 Å². The van der Waals surface area contributed by atoms with Gasteiger partial charge >= 0.3 is 0 Å². The van der Waals surface area contributed by atoms with E-state index in [0.29, 0.717) is 17.8 Å². The standard InChI is InChI=1S/C22H28N4O4S2/c23-32(29,30)20-10-11-21(22(14-20)26(27)28)24-16(15-31-19-4-2-1-3-5-19)12-13-25-17-6-7-18(25)9-8-17/h1-5,10-11,14,16-18,24H,6-9,12-13,15H2,(H2,23,29,30)/t16-,17?,18?/m1/s1. The van der Waals surface area contributed by atoms with Gasteiger partial charge in [-0.2, -0.15) is 0 Å². The van der Waals surface area contributed by atoms with E-state index in [4.69, 9.17) is 5.14 Å². The van der Waals surface area contributed by atoms with Crippen molar-refractivity contribution in [3.8, 4) is 0 Å². The molecule has 0 amide bonds. The van der Waals surface area contributed by atoms with Crippen LogP contribution < -0.4 is 10.5 Å². The fraction of sp³-hybridized carbons (Fsp3) is 0.455. The zero-order chi connectivity index (χ0) is 22.7. The van der Waals surface area contributed by atoms with Crippen LogP contribution in [0.3, 0.4) is 0 Å². The number of nitrogens with one attached hydrogen (secondary N) is 1. The largest absolute Gasteiger partial charge is 0.376 e. The van der Waals surface area contributed by atoms with Crippen LogP contribution in [0.1, 0.15) is 32.1 Å². The number of nitro benzene ring substituents is 1. The molecule has 0 radical (unpaired) electrons. The second-order valence-corrected chi connectivity index (χ2v) is 11.1. The molecule has 0 aliphatic carbocycles.